The predicted octanol–water partition coefficient (Wildman–Crippen LogP) is 4.46. The summed E-state index contributed by atoms with van der Waals surface area (Å²) in [6, 6.07) is 5.82. The van der Waals surface area contributed by atoms with E-state index in [4.69, 9.17) is 4.42 Å². The van der Waals surface area contributed by atoms with E-state index in [-0.39, 0.29) is 34.1 Å². The normalized spacial score (nSPS) is 16.7. The maximum atomic E-state index is 14.7. The fourth-order valence-electron chi connectivity index (χ4n) is 4.12. The van der Waals surface area contributed by atoms with Crippen molar-refractivity contribution in [2.45, 2.75) is 53.1 Å². The molecule has 1 aromatic heterocycles. The Labute approximate surface area is 184 Å². The number of hydrogen-bond acceptors (Lipinski definition) is 6. The molecular formula is C24H26FN3O4. The van der Waals surface area contributed by atoms with Crippen molar-refractivity contribution in [3.05, 3.63) is 73.2 Å². The van der Waals surface area contributed by atoms with E-state index < -0.39 is 28.6 Å². The topological polar surface area (TPSA) is 100 Å². The number of aryl methyl sites for hydroxylation is 1. The monoisotopic (exact) mass is 439 g/mol. The summed E-state index contributed by atoms with van der Waals surface area (Å²) in [5, 5.41) is 8.68. The minimum absolute atomic E-state index is 0.0476. The molecule has 8 heteroatoms. The lowest BCUT2D eigenvalue weighted by atomic mass is 9.84. The predicted molar refractivity (Wildman–Crippen MR) is 121 cm³/mol. The fourth-order valence-corrected chi connectivity index (χ4v) is 4.12. The molecule has 3 aromatic rings. The third-order valence-corrected chi connectivity index (χ3v) is 5.86. The van der Waals surface area contributed by atoms with Gasteiger partial charge >= 0.3 is 0 Å². The average molecular weight is 439 g/mol. The van der Waals surface area contributed by atoms with Crippen molar-refractivity contribution in [1.82, 2.24) is 5.32 Å². The SMILES string of the molecule is CCC1NC(=O)c2c1ccc(F)c2Nc1c(N[C@@H](c2ccc(C)o2)C(C)(C)C)c(=O)c1=O. The van der Waals surface area contributed by atoms with Crippen LogP contribution in [-0.2, 0) is 0 Å². The van der Waals surface area contributed by atoms with Gasteiger partial charge in [0.2, 0.25) is 0 Å². The van der Waals surface area contributed by atoms with Crippen molar-refractivity contribution in [1.29, 1.82) is 0 Å². The zero-order chi connectivity index (χ0) is 23.4. The molecule has 7 nitrogen and oxygen atoms in total. The average Bonchev–Trinajstić information content (AvgIpc) is 3.30. The molecule has 1 unspecified atom stereocenters. The number of amides is 1. The third kappa shape index (κ3) is 3.49. The molecule has 1 aliphatic rings. The summed E-state index contributed by atoms with van der Waals surface area (Å²) < 4.78 is 20.5. The summed E-state index contributed by atoms with van der Waals surface area (Å²) in [7, 11) is 0. The summed E-state index contributed by atoms with van der Waals surface area (Å²) in [5.41, 5.74) is -1.13. The van der Waals surface area contributed by atoms with Crippen molar-refractivity contribution < 1.29 is 13.6 Å². The van der Waals surface area contributed by atoms with E-state index in [1.54, 1.807) is 6.07 Å². The van der Waals surface area contributed by atoms with Crippen LogP contribution in [0, 0.1) is 18.2 Å². The van der Waals surface area contributed by atoms with Crippen LogP contribution in [0.1, 0.15) is 73.6 Å². The molecule has 0 saturated carbocycles. The van der Waals surface area contributed by atoms with Crippen LogP contribution in [0.15, 0.2) is 38.3 Å². The third-order valence-electron chi connectivity index (χ3n) is 5.86. The van der Waals surface area contributed by atoms with Gasteiger partial charge in [-0.15, -0.1) is 0 Å². The lowest BCUT2D eigenvalue weighted by Gasteiger charge is -2.31. The number of anilines is 3. The molecule has 3 N–H and O–H groups in total. The van der Waals surface area contributed by atoms with Gasteiger partial charge < -0.3 is 20.4 Å². The Morgan fingerprint density at radius 2 is 1.75 bits per heavy atom. The largest absolute Gasteiger partial charge is 0.464 e. The van der Waals surface area contributed by atoms with Crippen molar-refractivity contribution in [2.24, 2.45) is 5.41 Å². The number of halogens is 1. The second-order valence-corrected chi connectivity index (χ2v) is 9.25. The number of furan rings is 1. The first-order chi connectivity index (χ1) is 15.0. The van der Waals surface area contributed by atoms with E-state index in [1.165, 1.54) is 6.07 Å². The number of rotatable bonds is 6. The standard InChI is InChI=1S/C24H26FN3O4/c1-6-14-12-8-9-13(25)17(16(12)23(31)26-14)27-18-19(21(30)20(18)29)28-22(24(3,4)5)15-10-7-11(2)32-15/h7-10,14,22,27-28H,6H2,1-5H3,(H,26,31)/t14?,22-/m0/s1. The Kier molecular flexibility index (Phi) is 5.19. The molecule has 168 valence electrons. The Morgan fingerprint density at radius 3 is 2.34 bits per heavy atom. The van der Waals surface area contributed by atoms with Gasteiger partial charge in [0.25, 0.3) is 16.8 Å². The molecule has 0 aliphatic carbocycles. The van der Waals surface area contributed by atoms with Crippen LogP contribution in [0.25, 0.3) is 0 Å². The number of carbonyl (C=O) groups excluding carboxylic acids is 1. The van der Waals surface area contributed by atoms with Crippen LogP contribution < -0.4 is 26.8 Å². The molecule has 2 heterocycles. The van der Waals surface area contributed by atoms with Crippen LogP contribution in [-0.4, -0.2) is 5.91 Å². The number of carbonyl (C=O) groups is 1. The first kappa shape index (κ1) is 21.8. The highest BCUT2D eigenvalue weighted by molar-refractivity contribution is 6.05. The van der Waals surface area contributed by atoms with Gasteiger partial charge in [-0.25, -0.2) is 4.39 Å². The molecule has 0 fully saturated rings. The second kappa shape index (κ2) is 7.62. The van der Waals surface area contributed by atoms with E-state index in [0.29, 0.717) is 17.7 Å². The number of nitrogens with one attached hydrogen (secondary N) is 3. The number of fused-ring (bicyclic) bond motifs is 1. The van der Waals surface area contributed by atoms with Gasteiger partial charge in [0.1, 0.15) is 28.7 Å². The van der Waals surface area contributed by atoms with Crippen molar-refractivity contribution in [3.63, 3.8) is 0 Å². The summed E-state index contributed by atoms with van der Waals surface area (Å²) in [4.78, 5) is 37.3. The second-order valence-electron chi connectivity index (χ2n) is 9.25. The number of hydrogen-bond donors (Lipinski definition) is 3. The zero-order valence-corrected chi connectivity index (χ0v) is 18.7. The summed E-state index contributed by atoms with van der Waals surface area (Å²) >= 11 is 0. The molecule has 4 rings (SSSR count). The van der Waals surface area contributed by atoms with E-state index in [9.17, 15) is 18.8 Å². The van der Waals surface area contributed by atoms with Gasteiger partial charge in [-0.1, -0.05) is 33.8 Å². The van der Waals surface area contributed by atoms with Gasteiger partial charge in [0.05, 0.1) is 23.3 Å². The molecule has 0 bridgehead atoms. The summed E-state index contributed by atoms with van der Waals surface area (Å²) in [6.07, 6.45) is 0.645. The smallest absolute Gasteiger partial charge is 0.254 e. The van der Waals surface area contributed by atoms with Gasteiger partial charge in [0.15, 0.2) is 0 Å². The van der Waals surface area contributed by atoms with E-state index >= 15 is 0 Å². The van der Waals surface area contributed by atoms with Crippen molar-refractivity contribution in [2.75, 3.05) is 10.6 Å². The fraction of sp³-hybridized carbons (Fsp3) is 0.375. The van der Waals surface area contributed by atoms with Crippen LogP contribution >= 0.6 is 0 Å². The van der Waals surface area contributed by atoms with Crippen molar-refractivity contribution >= 4 is 23.0 Å². The first-order valence-corrected chi connectivity index (χ1v) is 10.6. The molecule has 2 aromatic carbocycles. The minimum Gasteiger partial charge on any atom is -0.464 e. The Bertz CT molecular complexity index is 1280. The maximum absolute atomic E-state index is 14.7. The van der Waals surface area contributed by atoms with Crippen molar-refractivity contribution in [3.8, 4) is 0 Å². The molecule has 1 aliphatic heterocycles. The molecule has 1 amide bonds. The lowest BCUT2D eigenvalue weighted by molar-refractivity contribution is 0.0956. The van der Waals surface area contributed by atoms with E-state index in [2.05, 4.69) is 16.0 Å². The van der Waals surface area contributed by atoms with Gasteiger partial charge in [0, 0.05) is 0 Å². The Hall–Kier alpha value is -3.42. The van der Waals surface area contributed by atoms with E-state index in [0.717, 1.165) is 5.76 Å². The highest BCUT2D eigenvalue weighted by Crippen LogP contribution is 2.39. The highest BCUT2D eigenvalue weighted by atomic mass is 19.1. The molecular weight excluding hydrogens is 413 g/mol. The Balaban J connectivity index is 1.73. The van der Waals surface area contributed by atoms with E-state index in [1.807, 2.05) is 46.8 Å². The summed E-state index contributed by atoms with van der Waals surface area (Å²) in [5.74, 6) is 0.244. The minimum atomic E-state index is -0.766. The quantitative estimate of drug-likeness (QED) is 0.491. The molecule has 0 spiro atoms. The van der Waals surface area contributed by atoms with Crippen LogP contribution in [0.3, 0.4) is 0 Å². The zero-order valence-electron chi connectivity index (χ0n) is 18.7. The van der Waals surface area contributed by atoms with Crippen LogP contribution in [0.2, 0.25) is 0 Å². The summed E-state index contributed by atoms with van der Waals surface area (Å²) in [6.45, 7) is 9.65. The molecule has 0 radical (unpaired) electrons. The van der Waals surface area contributed by atoms with Crippen LogP contribution in [0.5, 0.6) is 0 Å². The van der Waals surface area contributed by atoms with Gasteiger partial charge in [-0.05, 0) is 42.5 Å². The van der Waals surface area contributed by atoms with Gasteiger partial charge in [-0.3, -0.25) is 14.4 Å². The molecule has 32 heavy (non-hydrogen) atoms. The van der Waals surface area contributed by atoms with Gasteiger partial charge in [-0.2, -0.15) is 0 Å². The molecule has 2 atom stereocenters. The maximum Gasteiger partial charge on any atom is 0.254 e. The number of benzene rings is 1. The Morgan fingerprint density at radius 1 is 1.06 bits per heavy atom. The highest BCUT2D eigenvalue weighted by Gasteiger charge is 2.35. The van der Waals surface area contributed by atoms with Crippen LogP contribution in [0.4, 0.5) is 21.5 Å². The first-order valence-electron chi connectivity index (χ1n) is 10.6. The molecule has 0 saturated heterocycles. The lowest BCUT2D eigenvalue weighted by Crippen LogP contribution is -2.39.